The molecule has 0 aliphatic carbocycles. The van der Waals surface area contributed by atoms with Crippen molar-refractivity contribution in [1.82, 2.24) is 5.32 Å². The molecule has 1 aliphatic heterocycles. The van der Waals surface area contributed by atoms with Crippen LogP contribution in [0.5, 0.6) is 0 Å². The minimum atomic E-state index is -3.71. The number of benzene rings is 2. The molecule has 1 aliphatic rings. The Kier molecular flexibility index (Phi) is 7.62. The quantitative estimate of drug-likeness (QED) is 0.645. The van der Waals surface area contributed by atoms with Crippen molar-refractivity contribution in [2.75, 3.05) is 30.3 Å². The topological polar surface area (TPSA) is 75.7 Å². The van der Waals surface area contributed by atoms with Crippen molar-refractivity contribution < 1.29 is 17.9 Å². The number of ether oxygens (including phenoxy) is 1. The van der Waals surface area contributed by atoms with Crippen LogP contribution in [0.1, 0.15) is 31.7 Å². The lowest BCUT2D eigenvalue weighted by Crippen LogP contribution is -2.52. The first-order valence-corrected chi connectivity index (χ1v) is 12.7. The predicted molar refractivity (Wildman–Crippen MR) is 124 cm³/mol. The monoisotopic (exact) mass is 464 g/mol. The van der Waals surface area contributed by atoms with E-state index in [-0.39, 0.29) is 11.3 Å². The van der Waals surface area contributed by atoms with Gasteiger partial charge in [-0.25, -0.2) is 8.42 Å². The third-order valence-corrected chi connectivity index (χ3v) is 7.24. The summed E-state index contributed by atoms with van der Waals surface area (Å²) in [5.74, 6) is -0.324. The third kappa shape index (κ3) is 5.59. The second kappa shape index (κ2) is 10.0. The standard InChI is InChI=1S/C23H29ClN2O4S/c1-3-21(26(31(2,28)29)20-11-7-10-19(24)16-20)22(27)25-17-23(12-14-30-15-13-23)18-8-5-4-6-9-18/h4-11,16,21H,3,12-15,17H2,1-2H3,(H,25,27)/t21-/m0/s1. The lowest BCUT2D eigenvalue weighted by atomic mass is 9.74. The first-order chi connectivity index (χ1) is 14.8. The second-order valence-corrected chi connectivity index (χ2v) is 10.2. The highest BCUT2D eigenvalue weighted by Crippen LogP contribution is 2.34. The zero-order valence-electron chi connectivity index (χ0n) is 17.9. The molecule has 0 aromatic heterocycles. The summed E-state index contributed by atoms with van der Waals surface area (Å²) in [7, 11) is -3.71. The molecule has 1 N–H and O–H groups in total. The van der Waals surface area contributed by atoms with Crippen molar-refractivity contribution in [3.8, 4) is 0 Å². The molecule has 168 valence electrons. The van der Waals surface area contributed by atoms with Crippen molar-refractivity contribution in [3.63, 3.8) is 0 Å². The molecule has 1 heterocycles. The molecule has 2 aromatic carbocycles. The maximum absolute atomic E-state index is 13.3. The highest BCUT2D eigenvalue weighted by molar-refractivity contribution is 7.92. The van der Waals surface area contributed by atoms with Gasteiger partial charge in [-0.3, -0.25) is 9.10 Å². The first kappa shape index (κ1) is 23.6. The van der Waals surface area contributed by atoms with Crippen molar-refractivity contribution in [1.29, 1.82) is 0 Å². The summed E-state index contributed by atoms with van der Waals surface area (Å²) < 4.78 is 32.0. The minimum Gasteiger partial charge on any atom is -0.381 e. The Morgan fingerprint density at radius 3 is 2.42 bits per heavy atom. The van der Waals surface area contributed by atoms with E-state index in [2.05, 4.69) is 17.4 Å². The van der Waals surface area contributed by atoms with Crippen LogP contribution in [0.2, 0.25) is 5.02 Å². The van der Waals surface area contributed by atoms with E-state index >= 15 is 0 Å². The molecule has 0 radical (unpaired) electrons. The number of nitrogens with one attached hydrogen (secondary N) is 1. The van der Waals surface area contributed by atoms with Crippen LogP contribution in [0.15, 0.2) is 54.6 Å². The van der Waals surface area contributed by atoms with Crippen LogP contribution in [0.4, 0.5) is 5.69 Å². The molecule has 0 saturated carbocycles. The van der Waals surface area contributed by atoms with Crippen molar-refractivity contribution in [2.24, 2.45) is 0 Å². The molecular formula is C23H29ClN2O4S. The molecule has 31 heavy (non-hydrogen) atoms. The van der Waals surface area contributed by atoms with E-state index in [1.54, 1.807) is 31.2 Å². The molecule has 6 nitrogen and oxygen atoms in total. The van der Waals surface area contributed by atoms with Gasteiger partial charge in [0.1, 0.15) is 6.04 Å². The fourth-order valence-corrected chi connectivity index (χ4v) is 5.56. The zero-order valence-corrected chi connectivity index (χ0v) is 19.5. The zero-order chi connectivity index (χ0) is 22.5. The molecular weight excluding hydrogens is 436 g/mol. The molecule has 0 spiro atoms. The molecule has 0 unspecified atom stereocenters. The van der Waals surface area contributed by atoms with Crippen LogP contribution >= 0.6 is 11.6 Å². The van der Waals surface area contributed by atoms with Gasteiger partial charge in [0.05, 0.1) is 11.9 Å². The minimum absolute atomic E-state index is 0.237. The van der Waals surface area contributed by atoms with Gasteiger partial charge in [-0.2, -0.15) is 0 Å². The number of hydrogen-bond donors (Lipinski definition) is 1. The molecule has 1 fully saturated rings. The summed E-state index contributed by atoms with van der Waals surface area (Å²) in [6.07, 6.45) is 3.01. The summed E-state index contributed by atoms with van der Waals surface area (Å²) in [5, 5.41) is 3.46. The summed E-state index contributed by atoms with van der Waals surface area (Å²) in [6, 6.07) is 15.8. The Morgan fingerprint density at radius 2 is 1.84 bits per heavy atom. The van der Waals surface area contributed by atoms with Gasteiger partial charge in [-0.15, -0.1) is 0 Å². The molecule has 8 heteroatoms. The van der Waals surface area contributed by atoms with Crippen molar-refractivity contribution in [3.05, 3.63) is 65.2 Å². The molecule has 1 atom stereocenters. The smallest absolute Gasteiger partial charge is 0.243 e. The van der Waals surface area contributed by atoms with E-state index in [4.69, 9.17) is 16.3 Å². The average Bonchev–Trinajstić information content (AvgIpc) is 2.76. The average molecular weight is 465 g/mol. The number of hydrogen-bond acceptors (Lipinski definition) is 4. The van der Waals surface area contributed by atoms with Crippen LogP contribution in [0, 0.1) is 0 Å². The lowest BCUT2D eigenvalue weighted by molar-refractivity contribution is -0.122. The number of sulfonamides is 1. The lowest BCUT2D eigenvalue weighted by Gasteiger charge is -2.39. The Hall–Kier alpha value is -2.09. The summed E-state index contributed by atoms with van der Waals surface area (Å²) >= 11 is 6.08. The Labute approximate surface area is 189 Å². The molecule has 1 saturated heterocycles. The van der Waals surface area contributed by atoms with Crippen LogP contribution in [0.25, 0.3) is 0 Å². The number of rotatable bonds is 8. The molecule has 1 amide bonds. The number of nitrogens with zero attached hydrogens (tertiary/aromatic N) is 1. The highest BCUT2D eigenvalue weighted by atomic mass is 35.5. The van der Waals surface area contributed by atoms with Gasteiger partial charge in [0.25, 0.3) is 0 Å². The summed E-state index contributed by atoms with van der Waals surface area (Å²) in [5.41, 5.74) is 1.29. The Morgan fingerprint density at radius 1 is 1.16 bits per heavy atom. The van der Waals surface area contributed by atoms with Crippen molar-refractivity contribution >= 4 is 33.2 Å². The van der Waals surface area contributed by atoms with Crippen LogP contribution in [-0.4, -0.2) is 46.4 Å². The third-order valence-electron chi connectivity index (χ3n) is 5.83. The number of amides is 1. The maximum Gasteiger partial charge on any atom is 0.243 e. The number of anilines is 1. The largest absolute Gasteiger partial charge is 0.381 e. The van der Waals surface area contributed by atoms with Gasteiger partial charge >= 0.3 is 0 Å². The van der Waals surface area contributed by atoms with Gasteiger partial charge in [-0.05, 0) is 43.0 Å². The van der Waals surface area contributed by atoms with Gasteiger partial charge in [-0.1, -0.05) is 54.9 Å². The van der Waals surface area contributed by atoms with E-state index in [1.165, 1.54) is 0 Å². The first-order valence-electron chi connectivity index (χ1n) is 10.4. The van der Waals surface area contributed by atoms with E-state index in [1.807, 2.05) is 18.2 Å². The fourth-order valence-electron chi connectivity index (χ4n) is 4.17. The van der Waals surface area contributed by atoms with Gasteiger partial charge in [0, 0.05) is 30.2 Å². The van der Waals surface area contributed by atoms with Crippen molar-refractivity contribution in [2.45, 2.75) is 37.6 Å². The van der Waals surface area contributed by atoms with E-state index in [0.29, 0.717) is 36.9 Å². The summed E-state index contributed by atoms with van der Waals surface area (Å²) in [4.78, 5) is 13.3. The van der Waals surface area contributed by atoms with E-state index in [0.717, 1.165) is 29.0 Å². The van der Waals surface area contributed by atoms with E-state index < -0.39 is 16.1 Å². The maximum atomic E-state index is 13.3. The molecule has 2 aromatic rings. The van der Waals surface area contributed by atoms with Gasteiger partial charge < -0.3 is 10.1 Å². The molecule has 3 rings (SSSR count). The Balaban J connectivity index is 1.85. The van der Waals surface area contributed by atoms with Crippen LogP contribution < -0.4 is 9.62 Å². The second-order valence-electron chi connectivity index (χ2n) is 7.94. The van der Waals surface area contributed by atoms with Gasteiger partial charge in [0.2, 0.25) is 15.9 Å². The SMILES string of the molecule is CC[C@@H](C(=O)NCC1(c2ccccc2)CCOCC1)N(c1cccc(Cl)c1)S(C)(=O)=O. The number of halogens is 1. The predicted octanol–water partition coefficient (Wildman–Crippen LogP) is 3.75. The van der Waals surface area contributed by atoms with Gasteiger partial charge in [0.15, 0.2) is 0 Å². The number of carbonyl (C=O) groups excluding carboxylic acids is 1. The number of carbonyl (C=O) groups is 1. The molecule has 0 bridgehead atoms. The Bertz CT molecular complexity index is 992. The summed E-state index contributed by atoms with van der Waals surface area (Å²) in [6.45, 7) is 3.47. The highest BCUT2D eigenvalue weighted by Gasteiger charge is 2.37. The normalized spacial score (nSPS) is 17.0. The fraction of sp³-hybridized carbons (Fsp3) is 0.435. The van der Waals surface area contributed by atoms with Crippen LogP contribution in [-0.2, 0) is 25.0 Å². The van der Waals surface area contributed by atoms with E-state index in [9.17, 15) is 13.2 Å². The van der Waals surface area contributed by atoms with Crippen LogP contribution in [0.3, 0.4) is 0 Å².